The number of thioether (sulfide) groups is 1. The minimum Gasteiger partial charge on any atom is -0.497 e. The van der Waals surface area contributed by atoms with Gasteiger partial charge in [0.2, 0.25) is 0 Å². The second-order valence-corrected chi connectivity index (χ2v) is 10.1. The maximum Gasteiger partial charge on any atom is 0.338 e. The molecule has 0 fully saturated rings. The zero-order chi connectivity index (χ0) is 25.7. The fourth-order valence-electron chi connectivity index (χ4n) is 4.25. The molecule has 1 aliphatic heterocycles. The van der Waals surface area contributed by atoms with Gasteiger partial charge in [-0.25, -0.2) is 4.79 Å². The Labute approximate surface area is 211 Å². The number of hydrogen-bond donors (Lipinski definition) is 0. The molecule has 2 aliphatic rings. The first-order valence-electron chi connectivity index (χ1n) is 11.7. The fraction of sp³-hybridized carbons (Fsp3) is 0.500. The van der Waals surface area contributed by atoms with Gasteiger partial charge in [0.05, 0.1) is 30.2 Å². The SMILES string of the molecule is CCOC(=O)c1ccc2c(c1)S[C@@H](C1C=CC(OC)=C[C@@H]1C)[C@@H](OC(C)=O)C(=O)N2CCN(C)C. The average Bonchev–Trinajstić information content (AvgIpc) is 2.91. The number of rotatable bonds is 8. The van der Waals surface area contributed by atoms with Crippen LogP contribution in [0, 0.1) is 11.8 Å². The molecule has 0 N–H and O–H groups in total. The lowest BCUT2D eigenvalue weighted by molar-refractivity contribution is -0.153. The number of carbonyl (C=O) groups is 3. The van der Waals surface area contributed by atoms with E-state index in [9.17, 15) is 14.4 Å². The molecule has 1 heterocycles. The molecule has 4 atom stereocenters. The normalized spacial score (nSPS) is 23.9. The van der Waals surface area contributed by atoms with Gasteiger partial charge in [-0.3, -0.25) is 9.59 Å². The summed E-state index contributed by atoms with van der Waals surface area (Å²) in [7, 11) is 5.48. The summed E-state index contributed by atoms with van der Waals surface area (Å²) >= 11 is 1.46. The van der Waals surface area contributed by atoms with Crippen molar-refractivity contribution in [3.8, 4) is 0 Å². The second kappa shape index (κ2) is 11.8. The first-order chi connectivity index (χ1) is 16.7. The number of anilines is 1. The molecule has 1 amide bonds. The van der Waals surface area contributed by atoms with E-state index in [1.807, 2.05) is 44.1 Å². The van der Waals surface area contributed by atoms with E-state index in [1.165, 1.54) is 18.7 Å². The molecule has 35 heavy (non-hydrogen) atoms. The van der Waals surface area contributed by atoms with Gasteiger partial charge in [0, 0.05) is 24.9 Å². The van der Waals surface area contributed by atoms with Gasteiger partial charge >= 0.3 is 11.9 Å². The molecule has 0 saturated heterocycles. The Kier molecular flexibility index (Phi) is 9.02. The third-order valence-corrected chi connectivity index (χ3v) is 7.44. The van der Waals surface area contributed by atoms with Crippen LogP contribution in [0.4, 0.5) is 5.69 Å². The van der Waals surface area contributed by atoms with Crippen LogP contribution in [0.25, 0.3) is 0 Å². The van der Waals surface area contributed by atoms with Crippen molar-refractivity contribution in [2.75, 3.05) is 45.8 Å². The minimum atomic E-state index is -0.993. The standard InChI is InChI=1S/C26H34N2O6S/c1-7-33-26(31)18-8-11-21-22(15-18)35-24(20-10-9-19(32-6)14-16(20)2)23(34-17(3)29)25(30)28(21)13-12-27(4)5/h8-11,14-16,20,23-24H,7,12-13H2,1-6H3/t16-,20?,23+,24-/m0/s1. The predicted molar refractivity (Wildman–Crippen MR) is 135 cm³/mol. The van der Waals surface area contributed by atoms with Gasteiger partial charge < -0.3 is 24.0 Å². The van der Waals surface area contributed by atoms with Crippen molar-refractivity contribution < 1.29 is 28.6 Å². The summed E-state index contributed by atoms with van der Waals surface area (Å²) in [5, 5.41) is -0.409. The Morgan fingerprint density at radius 1 is 1.23 bits per heavy atom. The molecular weight excluding hydrogens is 468 g/mol. The molecule has 0 radical (unpaired) electrons. The number of hydrogen-bond acceptors (Lipinski definition) is 8. The maximum atomic E-state index is 13.9. The van der Waals surface area contributed by atoms with Gasteiger partial charge in [-0.1, -0.05) is 13.0 Å². The van der Waals surface area contributed by atoms with Gasteiger partial charge in [-0.15, -0.1) is 11.8 Å². The van der Waals surface area contributed by atoms with Crippen molar-refractivity contribution in [1.29, 1.82) is 0 Å². The Balaban J connectivity index is 2.11. The first kappa shape index (κ1) is 26.8. The predicted octanol–water partition coefficient (Wildman–Crippen LogP) is 3.52. The van der Waals surface area contributed by atoms with Crippen molar-refractivity contribution in [2.45, 2.75) is 37.0 Å². The zero-order valence-corrected chi connectivity index (χ0v) is 22.0. The molecule has 1 unspecified atom stereocenters. The number of allylic oxidation sites excluding steroid dienone is 3. The Morgan fingerprint density at radius 3 is 2.57 bits per heavy atom. The summed E-state index contributed by atoms with van der Waals surface area (Å²) < 4.78 is 16.3. The number of benzene rings is 1. The van der Waals surface area contributed by atoms with E-state index in [-0.39, 0.29) is 24.3 Å². The number of likely N-dealkylation sites (N-methyl/N-ethyl adjacent to an activating group) is 1. The van der Waals surface area contributed by atoms with Gasteiger partial charge in [0.15, 0.2) is 6.10 Å². The highest BCUT2D eigenvalue weighted by atomic mass is 32.2. The van der Waals surface area contributed by atoms with Gasteiger partial charge in [0.25, 0.3) is 5.91 Å². The molecule has 0 spiro atoms. The van der Waals surface area contributed by atoms with Crippen LogP contribution in [0.2, 0.25) is 0 Å². The summed E-state index contributed by atoms with van der Waals surface area (Å²) in [6, 6.07) is 5.22. The number of methoxy groups -OCH3 is 1. The third kappa shape index (κ3) is 6.27. The van der Waals surface area contributed by atoms with Crippen molar-refractivity contribution in [1.82, 2.24) is 4.90 Å². The van der Waals surface area contributed by atoms with Crippen molar-refractivity contribution in [3.05, 3.63) is 47.7 Å². The number of nitrogens with zero attached hydrogens (tertiary/aromatic N) is 2. The molecule has 0 bridgehead atoms. The van der Waals surface area contributed by atoms with Gasteiger partial charge in [-0.05, 0) is 63.2 Å². The van der Waals surface area contributed by atoms with E-state index in [1.54, 1.807) is 37.1 Å². The molecular formula is C26H34N2O6S. The molecule has 190 valence electrons. The van der Waals surface area contributed by atoms with Gasteiger partial charge in [0.1, 0.15) is 5.76 Å². The summed E-state index contributed by atoms with van der Waals surface area (Å²) in [4.78, 5) is 42.9. The molecule has 9 heteroatoms. The second-order valence-electron chi connectivity index (χ2n) is 8.88. The Bertz CT molecular complexity index is 1020. The summed E-state index contributed by atoms with van der Waals surface area (Å²) in [5.74, 6) is -0.536. The quantitative estimate of drug-likeness (QED) is 0.500. The topological polar surface area (TPSA) is 85.4 Å². The van der Waals surface area contributed by atoms with E-state index in [0.717, 1.165) is 10.7 Å². The molecule has 0 saturated carbocycles. The van der Waals surface area contributed by atoms with Gasteiger partial charge in [-0.2, -0.15) is 0 Å². The molecule has 3 rings (SSSR count). The van der Waals surface area contributed by atoms with Crippen LogP contribution in [-0.4, -0.2) is 75.0 Å². The Morgan fingerprint density at radius 2 is 1.97 bits per heavy atom. The van der Waals surface area contributed by atoms with E-state index in [0.29, 0.717) is 24.3 Å². The number of carbonyl (C=O) groups excluding carboxylic acids is 3. The van der Waals surface area contributed by atoms with Crippen LogP contribution in [0.15, 0.2) is 47.1 Å². The molecule has 1 aromatic rings. The summed E-state index contributed by atoms with van der Waals surface area (Å²) in [6.45, 7) is 6.42. The van der Waals surface area contributed by atoms with E-state index in [2.05, 4.69) is 0 Å². The van der Waals surface area contributed by atoms with Crippen LogP contribution in [0.3, 0.4) is 0 Å². The summed E-state index contributed by atoms with van der Waals surface area (Å²) in [5.41, 5.74) is 1.10. The average molecular weight is 503 g/mol. The highest BCUT2D eigenvalue weighted by Gasteiger charge is 2.44. The van der Waals surface area contributed by atoms with Crippen LogP contribution in [0.1, 0.15) is 31.1 Å². The fourth-order valence-corrected chi connectivity index (χ4v) is 5.83. The zero-order valence-electron chi connectivity index (χ0n) is 21.1. The highest BCUT2D eigenvalue weighted by Crippen LogP contribution is 2.45. The van der Waals surface area contributed by atoms with Crippen LogP contribution in [-0.2, 0) is 23.8 Å². The smallest absolute Gasteiger partial charge is 0.338 e. The maximum absolute atomic E-state index is 13.9. The minimum absolute atomic E-state index is 0.0309. The third-order valence-electron chi connectivity index (χ3n) is 6.03. The number of amides is 1. The largest absolute Gasteiger partial charge is 0.497 e. The molecule has 1 aliphatic carbocycles. The van der Waals surface area contributed by atoms with Crippen molar-refractivity contribution in [3.63, 3.8) is 0 Å². The Hall–Kier alpha value is -2.78. The molecule has 1 aromatic carbocycles. The van der Waals surface area contributed by atoms with E-state index >= 15 is 0 Å². The highest BCUT2D eigenvalue weighted by molar-refractivity contribution is 8.00. The lowest BCUT2D eigenvalue weighted by Crippen LogP contribution is -2.49. The summed E-state index contributed by atoms with van der Waals surface area (Å²) in [6.07, 6.45) is 4.90. The van der Waals surface area contributed by atoms with Crippen LogP contribution >= 0.6 is 11.8 Å². The van der Waals surface area contributed by atoms with Crippen molar-refractivity contribution in [2.24, 2.45) is 11.8 Å². The van der Waals surface area contributed by atoms with Crippen LogP contribution < -0.4 is 4.90 Å². The molecule has 0 aromatic heterocycles. The van der Waals surface area contributed by atoms with Crippen LogP contribution in [0.5, 0.6) is 0 Å². The number of ether oxygens (including phenoxy) is 3. The number of fused-ring (bicyclic) bond motifs is 1. The van der Waals surface area contributed by atoms with E-state index in [4.69, 9.17) is 14.2 Å². The molecule has 8 nitrogen and oxygen atoms in total. The lowest BCUT2D eigenvalue weighted by Gasteiger charge is -2.34. The van der Waals surface area contributed by atoms with Crippen molar-refractivity contribution >= 4 is 35.3 Å². The monoisotopic (exact) mass is 502 g/mol. The lowest BCUT2D eigenvalue weighted by atomic mass is 9.84. The first-order valence-corrected chi connectivity index (χ1v) is 12.6. The number of esters is 2. The van der Waals surface area contributed by atoms with E-state index < -0.39 is 23.3 Å².